The zero-order valence-electron chi connectivity index (χ0n) is 16.8. The van der Waals surface area contributed by atoms with Crippen LogP contribution in [0.2, 0.25) is 0 Å². The van der Waals surface area contributed by atoms with Crippen molar-refractivity contribution in [3.05, 3.63) is 59.8 Å². The molecule has 1 saturated heterocycles. The summed E-state index contributed by atoms with van der Waals surface area (Å²) in [6.07, 6.45) is 10.4. The molecule has 1 aliphatic heterocycles. The number of piperidine rings is 1. The number of nitrogens with one attached hydrogen (secondary N) is 1. The van der Waals surface area contributed by atoms with Crippen molar-refractivity contribution in [2.75, 3.05) is 13.1 Å². The van der Waals surface area contributed by atoms with Gasteiger partial charge in [-0.3, -0.25) is 4.90 Å². The lowest BCUT2D eigenvalue weighted by molar-refractivity contribution is -0.167. The van der Waals surface area contributed by atoms with E-state index in [-0.39, 0.29) is 5.97 Å². The van der Waals surface area contributed by atoms with Gasteiger partial charge in [0.05, 0.1) is 0 Å². The van der Waals surface area contributed by atoms with Crippen LogP contribution in [0.25, 0.3) is 0 Å². The van der Waals surface area contributed by atoms with Gasteiger partial charge in [0.15, 0.2) is 0 Å². The number of benzene rings is 1. The molecular formula is C23H32N2O2. The first kappa shape index (κ1) is 19.7. The van der Waals surface area contributed by atoms with E-state index in [1.807, 2.05) is 45.0 Å². The third kappa shape index (κ3) is 5.01. The first-order chi connectivity index (χ1) is 12.9. The molecule has 4 nitrogen and oxygen atoms in total. The molecule has 1 aliphatic carbocycles. The van der Waals surface area contributed by atoms with Gasteiger partial charge < -0.3 is 10.1 Å². The molecule has 27 heavy (non-hydrogen) atoms. The zero-order valence-corrected chi connectivity index (χ0v) is 16.8. The Morgan fingerprint density at radius 3 is 2.44 bits per heavy atom. The lowest BCUT2D eigenvalue weighted by atomic mass is 9.86. The third-order valence-corrected chi connectivity index (χ3v) is 5.18. The fourth-order valence-electron chi connectivity index (χ4n) is 3.73. The Labute approximate surface area is 163 Å². The lowest BCUT2D eigenvalue weighted by Crippen LogP contribution is -2.57. The van der Waals surface area contributed by atoms with E-state index >= 15 is 0 Å². The number of hydrogen-bond donors (Lipinski definition) is 1. The Hall–Kier alpha value is -2.07. The average molecular weight is 369 g/mol. The highest BCUT2D eigenvalue weighted by Gasteiger charge is 2.45. The zero-order chi connectivity index (χ0) is 19.3. The summed E-state index contributed by atoms with van der Waals surface area (Å²) < 4.78 is 5.82. The van der Waals surface area contributed by atoms with Gasteiger partial charge >= 0.3 is 5.97 Å². The van der Waals surface area contributed by atoms with Gasteiger partial charge in [0, 0.05) is 18.7 Å². The standard InChI is InChI=1S/C23H32N2O2/c1-22(2,3)27-21(26)23(25-16-8-5-9-17-25)14-12-20(13-15-23)24-18-19-10-6-4-7-11-19/h4,6-7,10-14,24H,5,8-9,15-18H2,1-3H3. The SMILES string of the molecule is CC(C)(C)OC(=O)C1(N2CCCCC2)C=CC(NCc2ccccc2)=CC1. The highest BCUT2D eigenvalue weighted by atomic mass is 16.6. The fourth-order valence-corrected chi connectivity index (χ4v) is 3.73. The van der Waals surface area contributed by atoms with Gasteiger partial charge in [0.1, 0.15) is 11.1 Å². The summed E-state index contributed by atoms with van der Waals surface area (Å²) in [6.45, 7) is 8.48. The number of allylic oxidation sites excluding steroid dienone is 1. The van der Waals surface area contributed by atoms with Crippen LogP contribution >= 0.6 is 0 Å². The molecule has 2 aliphatic rings. The average Bonchev–Trinajstić information content (AvgIpc) is 2.67. The number of nitrogens with zero attached hydrogens (tertiary/aromatic N) is 1. The summed E-state index contributed by atoms with van der Waals surface area (Å²) in [4.78, 5) is 15.5. The maximum Gasteiger partial charge on any atom is 0.331 e. The molecule has 1 fully saturated rings. The van der Waals surface area contributed by atoms with Gasteiger partial charge in [0.2, 0.25) is 0 Å². The van der Waals surface area contributed by atoms with E-state index in [2.05, 4.69) is 34.5 Å². The molecule has 0 aromatic heterocycles. The van der Waals surface area contributed by atoms with Crippen molar-refractivity contribution in [3.8, 4) is 0 Å². The molecule has 0 radical (unpaired) electrons. The van der Waals surface area contributed by atoms with Gasteiger partial charge in [-0.15, -0.1) is 0 Å². The second-order valence-electron chi connectivity index (χ2n) is 8.51. The quantitative estimate of drug-likeness (QED) is 0.792. The predicted octanol–water partition coefficient (Wildman–Crippen LogP) is 4.19. The molecule has 1 N–H and O–H groups in total. The smallest absolute Gasteiger partial charge is 0.331 e. The Morgan fingerprint density at radius 2 is 1.85 bits per heavy atom. The van der Waals surface area contributed by atoms with Crippen molar-refractivity contribution >= 4 is 5.97 Å². The summed E-state index contributed by atoms with van der Waals surface area (Å²) in [6, 6.07) is 10.3. The molecule has 1 aromatic carbocycles. The highest BCUT2D eigenvalue weighted by Crippen LogP contribution is 2.32. The van der Waals surface area contributed by atoms with Crippen LogP contribution in [0.15, 0.2) is 54.3 Å². The number of carbonyl (C=O) groups excluding carboxylic acids is 1. The van der Waals surface area contributed by atoms with E-state index in [9.17, 15) is 4.79 Å². The van der Waals surface area contributed by atoms with Crippen molar-refractivity contribution in [3.63, 3.8) is 0 Å². The number of hydrogen-bond acceptors (Lipinski definition) is 4. The normalized spacial score (nSPS) is 23.6. The van der Waals surface area contributed by atoms with Crippen molar-refractivity contribution < 1.29 is 9.53 Å². The van der Waals surface area contributed by atoms with Crippen LogP contribution in [0.3, 0.4) is 0 Å². The van der Waals surface area contributed by atoms with Gasteiger partial charge in [0.25, 0.3) is 0 Å². The van der Waals surface area contributed by atoms with Crippen molar-refractivity contribution in [2.45, 2.75) is 64.1 Å². The minimum absolute atomic E-state index is 0.133. The van der Waals surface area contributed by atoms with Crippen LogP contribution in [-0.4, -0.2) is 35.1 Å². The van der Waals surface area contributed by atoms with E-state index in [1.54, 1.807) is 0 Å². The van der Waals surface area contributed by atoms with Crippen LogP contribution in [0.5, 0.6) is 0 Å². The van der Waals surface area contributed by atoms with Gasteiger partial charge in [-0.1, -0.05) is 48.9 Å². The van der Waals surface area contributed by atoms with Gasteiger partial charge in [-0.2, -0.15) is 0 Å². The molecule has 1 heterocycles. The summed E-state index contributed by atoms with van der Waals surface area (Å²) in [5.41, 5.74) is 1.15. The molecule has 1 aromatic rings. The predicted molar refractivity (Wildman–Crippen MR) is 109 cm³/mol. The lowest BCUT2D eigenvalue weighted by Gasteiger charge is -2.43. The minimum atomic E-state index is -0.675. The van der Waals surface area contributed by atoms with E-state index in [1.165, 1.54) is 12.0 Å². The molecule has 1 unspecified atom stereocenters. The Kier molecular flexibility index (Phi) is 6.05. The summed E-state index contributed by atoms with van der Waals surface area (Å²) >= 11 is 0. The number of esters is 1. The molecule has 0 bridgehead atoms. The van der Waals surface area contributed by atoms with Crippen LogP contribution in [0, 0.1) is 0 Å². The van der Waals surface area contributed by atoms with E-state index in [4.69, 9.17) is 4.74 Å². The maximum atomic E-state index is 13.2. The van der Waals surface area contributed by atoms with Crippen molar-refractivity contribution in [2.24, 2.45) is 0 Å². The first-order valence-corrected chi connectivity index (χ1v) is 10.0. The van der Waals surface area contributed by atoms with Crippen molar-refractivity contribution in [1.82, 2.24) is 10.2 Å². The maximum absolute atomic E-state index is 13.2. The van der Waals surface area contributed by atoms with Gasteiger partial charge in [-0.25, -0.2) is 4.79 Å². The summed E-state index contributed by atoms with van der Waals surface area (Å²) in [7, 11) is 0. The highest BCUT2D eigenvalue weighted by molar-refractivity contribution is 5.84. The minimum Gasteiger partial charge on any atom is -0.458 e. The van der Waals surface area contributed by atoms with E-state index in [0.717, 1.165) is 38.2 Å². The van der Waals surface area contributed by atoms with Crippen molar-refractivity contribution in [1.29, 1.82) is 0 Å². The number of likely N-dealkylation sites (tertiary alicyclic amines) is 1. The Bertz CT molecular complexity index is 697. The first-order valence-electron chi connectivity index (χ1n) is 10.0. The molecule has 1 atom stereocenters. The van der Waals surface area contributed by atoms with Crippen LogP contribution < -0.4 is 5.32 Å². The number of rotatable bonds is 5. The molecule has 0 amide bonds. The molecule has 3 rings (SSSR count). The number of ether oxygens (including phenoxy) is 1. The second kappa shape index (κ2) is 8.30. The van der Waals surface area contributed by atoms with E-state index < -0.39 is 11.1 Å². The summed E-state index contributed by atoms with van der Waals surface area (Å²) in [5, 5.41) is 3.47. The fraction of sp³-hybridized carbons (Fsp3) is 0.522. The van der Waals surface area contributed by atoms with Crippen LogP contribution in [0.4, 0.5) is 0 Å². The summed E-state index contributed by atoms with van der Waals surface area (Å²) in [5.74, 6) is -0.133. The molecule has 0 spiro atoms. The second-order valence-corrected chi connectivity index (χ2v) is 8.51. The Morgan fingerprint density at radius 1 is 1.15 bits per heavy atom. The van der Waals surface area contributed by atoms with Crippen LogP contribution in [0.1, 0.15) is 52.0 Å². The molecule has 0 saturated carbocycles. The monoisotopic (exact) mass is 368 g/mol. The Balaban J connectivity index is 1.72. The largest absolute Gasteiger partial charge is 0.458 e. The number of carbonyl (C=O) groups is 1. The van der Waals surface area contributed by atoms with Gasteiger partial charge in [-0.05, 0) is 58.3 Å². The molecule has 4 heteroatoms. The molecule has 146 valence electrons. The van der Waals surface area contributed by atoms with E-state index in [0.29, 0.717) is 6.42 Å². The van der Waals surface area contributed by atoms with Crippen LogP contribution in [-0.2, 0) is 16.1 Å². The topological polar surface area (TPSA) is 41.6 Å². The molecular weight excluding hydrogens is 336 g/mol. The third-order valence-electron chi connectivity index (χ3n) is 5.18.